The molecule has 0 saturated heterocycles. The zero-order valence-electron chi connectivity index (χ0n) is 78.9. The number of aryl methyl sites for hydroxylation is 1. The predicted molar refractivity (Wildman–Crippen MR) is 403 cm³/mol. The number of fused-ring (bicyclic) bond motifs is 10. The quantitative estimate of drug-likeness (QED) is 0.0560. The van der Waals surface area contributed by atoms with Gasteiger partial charge in [-0.1, -0.05) is 288 Å². The summed E-state index contributed by atoms with van der Waals surface area (Å²) >= 11 is 0. The molecule has 0 amide bonds. The van der Waals surface area contributed by atoms with E-state index in [4.69, 9.17) is 13.8 Å². The van der Waals surface area contributed by atoms with Crippen LogP contribution in [0.25, 0.3) is 94.5 Å². The molecule has 15 rings (SSSR count). The number of imidazole rings is 1. The molecular weight excluding hydrogens is 1380 g/mol. The second-order valence-electron chi connectivity index (χ2n) is 28.7. The van der Waals surface area contributed by atoms with E-state index >= 15 is 0 Å². The van der Waals surface area contributed by atoms with Crippen LogP contribution in [-0.2, 0) is 49.1 Å². The number of pyridine rings is 1. The Hall–Kier alpha value is -9.45. The molecule has 0 bridgehead atoms. The Balaban J connectivity index is 0.0000118. The summed E-state index contributed by atoms with van der Waals surface area (Å²) in [6, 6.07) is 20.9. The third kappa shape index (κ3) is 11.8. The van der Waals surface area contributed by atoms with Crippen molar-refractivity contribution in [2.45, 2.75) is 117 Å². The van der Waals surface area contributed by atoms with Crippen molar-refractivity contribution in [2.75, 3.05) is 0 Å². The Labute approximate surface area is 620 Å². The van der Waals surface area contributed by atoms with E-state index in [2.05, 4.69) is 105 Å². The van der Waals surface area contributed by atoms with Crippen LogP contribution in [0.2, 0.25) is 6.04 Å². The van der Waals surface area contributed by atoms with Crippen molar-refractivity contribution in [3.8, 4) is 73.2 Å². The average Bonchev–Trinajstić information content (AvgIpc) is 1.37. The molecule has 1 aliphatic rings. The van der Waals surface area contributed by atoms with Gasteiger partial charge in [-0.3, -0.25) is 4.57 Å². The van der Waals surface area contributed by atoms with E-state index in [1.54, 1.807) is 51.7 Å². The first-order valence-corrected chi connectivity index (χ1v) is 34.3. The van der Waals surface area contributed by atoms with Gasteiger partial charge in [-0.15, -0.1) is 29.7 Å². The van der Waals surface area contributed by atoms with Crippen LogP contribution in [0.1, 0.15) is 142 Å². The molecule has 4 heterocycles. The molecule has 484 valence electrons. The number of aromatic nitrogens is 4. The number of hydrogen-bond acceptors (Lipinski definition) is 2. The van der Waals surface area contributed by atoms with Crippen molar-refractivity contribution < 1.29 is 61.9 Å². The molecule has 0 saturated carbocycles. The van der Waals surface area contributed by atoms with Crippen LogP contribution in [0.4, 0.5) is 0 Å². The summed E-state index contributed by atoms with van der Waals surface area (Å²) in [6.45, 7) is 25.0. The van der Waals surface area contributed by atoms with Gasteiger partial charge in [0.15, 0.2) is 0 Å². The maximum Gasteiger partial charge on any atom is 0.268 e. The molecule has 14 aromatic rings. The molecule has 1 aliphatic heterocycles. The Bertz CT molecular complexity index is 6480. The van der Waals surface area contributed by atoms with Crippen LogP contribution in [0.3, 0.4) is 0 Å². The van der Waals surface area contributed by atoms with Crippen LogP contribution in [0.15, 0.2) is 254 Å². The maximum absolute atomic E-state index is 10.4. The van der Waals surface area contributed by atoms with E-state index in [-0.39, 0.29) is 99.3 Å². The number of benzene rings is 11. The molecule has 0 N–H and O–H groups in total. The molecular formula is C90H82N4OPtSi-2. The van der Waals surface area contributed by atoms with Crippen molar-refractivity contribution in [1.29, 1.82) is 0 Å². The van der Waals surface area contributed by atoms with Gasteiger partial charge in [-0.2, -0.15) is 18.2 Å². The summed E-state index contributed by atoms with van der Waals surface area (Å²) in [5.41, 5.74) is 4.32. The van der Waals surface area contributed by atoms with Crippen LogP contribution in [0, 0.1) is 18.5 Å². The van der Waals surface area contributed by atoms with Crippen LogP contribution in [0.5, 0.6) is 11.5 Å². The summed E-state index contributed by atoms with van der Waals surface area (Å²) < 4.78 is 234. The van der Waals surface area contributed by atoms with Gasteiger partial charge in [-0.05, 0) is 152 Å². The third-order valence-corrected chi connectivity index (χ3v) is 22.6. The first kappa shape index (κ1) is 43.0. The van der Waals surface area contributed by atoms with Gasteiger partial charge in [0, 0.05) is 44.3 Å². The van der Waals surface area contributed by atoms with E-state index in [0.717, 1.165) is 33.0 Å². The number of rotatable bonds is 11. The smallest absolute Gasteiger partial charge is 0.268 e. The van der Waals surface area contributed by atoms with Crippen molar-refractivity contribution in [3.63, 3.8) is 0 Å². The molecule has 97 heavy (non-hydrogen) atoms. The van der Waals surface area contributed by atoms with E-state index in [0.29, 0.717) is 28.0 Å². The van der Waals surface area contributed by atoms with Gasteiger partial charge < -0.3 is 13.9 Å². The normalized spacial score (nSPS) is 15.9. The van der Waals surface area contributed by atoms with Crippen LogP contribution >= 0.6 is 0 Å². The molecule has 0 aliphatic carbocycles. The topological polar surface area (TPSA) is 35.9 Å². The first-order valence-electron chi connectivity index (χ1n) is 43.6. The zero-order valence-corrected chi connectivity index (χ0v) is 59.2. The summed E-state index contributed by atoms with van der Waals surface area (Å²) in [5, 5.41) is -0.266. The maximum atomic E-state index is 10.4. The fourth-order valence-corrected chi connectivity index (χ4v) is 17.0. The number of ether oxygens (including phenoxy) is 1. The first-order chi connectivity index (χ1) is 55.6. The van der Waals surface area contributed by atoms with Crippen LogP contribution in [-0.4, -0.2) is 22.2 Å². The summed E-state index contributed by atoms with van der Waals surface area (Å²) in [7, 11) is -5.60. The predicted octanol–water partition coefficient (Wildman–Crippen LogP) is 20.5. The second kappa shape index (κ2) is 24.9. The van der Waals surface area contributed by atoms with Crippen LogP contribution < -0.4 is 24.9 Å². The SMILES string of the molecule is [2H]c1c([2H])c([2H])c([Si](CCc2cc3c4c(c2)n(-c2[c-]c(Oc5[c-]c6c(cc5)c5ccccc5n6-c5cc(C(C)(C)C)ccn5)ccc2)[c-][n+]4-c2c(-c4cc(C(C)(C)C)cc(C(C)(C)C)c4)cc(C(C)(C)C)cc2-c2c([2H])c([2H])c([2H])c([2H])c2-c2c([2H])c([2H])c([2H])c([2H])c2-3)(c2c([2H])c([2H])c([2H])c([2H])c2[2H])c2c([2H])c([2H])c([2H])c([2H])c2[2H])c([2H])c1[2H].[Pt]. The standard InChI is InChI=1S/C90H82N4OSi.Pt/c1-87(2,3)62-45-47-91-84(56-62)94-81-42-27-26-41-76(81)77-44-43-68(58-82(77)94)95-67-30-28-29-66(57-67)92-59-93-85-78(61-51-63(88(4,5)6)53-64(52-61)89(7,8)9)54-65(90(10,11)12)55-80(85)75-40-25-23-38-73(75)72-37-22-24-39-74(72)79-49-60(50-83(92)86(79)93)46-48-96(69-31-16-13-17-32-69,70-33-18-14-19-34-70)71-35-20-15-21-36-71;/h13-45,47,49-56H,46,48H2,1-12H3;/q-2;/i13D,14D,15D,16D,17D,18D,19D,20D,21D,22D,23D,24D,25D,31D,32D,33D,34D,35D,36D,37D,38D,39D,40D;. The second-order valence-corrected chi connectivity index (χ2v) is 32.6. The van der Waals surface area contributed by atoms with E-state index in [1.807, 2.05) is 73.9 Å². The zero-order chi connectivity index (χ0) is 86.5. The molecule has 0 atom stereocenters. The molecule has 0 unspecified atom stereocenters. The van der Waals surface area contributed by atoms with Crippen molar-refractivity contribution in [1.82, 2.24) is 14.1 Å². The molecule has 0 radical (unpaired) electrons. The van der Waals surface area contributed by atoms with Crippen molar-refractivity contribution in [3.05, 3.63) is 301 Å². The number of nitrogens with zero attached hydrogens (tertiary/aromatic N) is 4. The third-order valence-electron chi connectivity index (χ3n) is 18.3. The molecule has 11 aromatic carbocycles. The average molecular weight is 1480 g/mol. The number of hydrogen-bond donors (Lipinski definition) is 0. The van der Waals surface area contributed by atoms with E-state index in [1.165, 1.54) is 0 Å². The van der Waals surface area contributed by atoms with E-state index < -0.39 is 191 Å². The summed E-state index contributed by atoms with van der Waals surface area (Å²) in [5.74, 6) is 1.06. The molecule has 5 nitrogen and oxygen atoms in total. The Kier molecular flexibility index (Phi) is 11.0. The minimum Gasteiger partial charge on any atom is -0.510 e. The van der Waals surface area contributed by atoms with Gasteiger partial charge in [-0.25, -0.2) is 4.98 Å². The largest absolute Gasteiger partial charge is 0.510 e. The fraction of sp³-hybridized carbons (Fsp3) is 0.200. The summed E-state index contributed by atoms with van der Waals surface area (Å²) in [4.78, 5) is 4.88. The molecule has 3 aromatic heterocycles. The van der Waals surface area contributed by atoms with Gasteiger partial charge in [0.2, 0.25) is 0 Å². The fourth-order valence-electron chi connectivity index (χ4n) is 13.1. The van der Waals surface area contributed by atoms with Crippen molar-refractivity contribution in [2.24, 2.45) is 0 Å². The van der Waals surface area contributed by atoms with E-state index in [9.17, 15) is 27.4 Å². The minimum absolute atomic E-state index is 0. The Morgan fingerprint density at radius 1 is 0.464 bits per heavy atom. The Morgan fingerprint density at radius 2 is 0.990 bits per heavy atom. The monoisotopic (exact) mass is 1480 g/mol. The van der Waals surface area contributed by atoms with Gasteiger partial charge in [0.1, 0.15) is 13.9 Å². The summed E-state index contributed by atoms with van der Waals surface area (Å²) in [6.07, 6.45) is 4.96. The van der Waals surface area contributed by atoms with Crippen molar-refractivity contribution >= 4 is 56.5 Å². The van der Waals surface area contributed by atoms with Gasteiger partial charge in [0.05, 0.1) is 48.2 Å². The molecule has 0 spiro atoms. The van der Waals surface area contributed by atoms with Gasteiger partial charge in [0.25, 0.3) is 6.33 Å². The Morgan fingerprint density at radius 3 is 1.58 bits per heavy atom. The number of para-hydroxylation sites is 1. The molecule has 7 heteroatoms. The molecule has 0 fully saturated rings. The minimum atomic E-state index is -5.60. The van der Waals surface area contributed by atoms with Gasteiger partial charge >= 0.3 is 0 Å².